The lowest BCUT2D eigenvalue weighted by molar-refractivity contribution is -0.117. The molecule has 1 amide bonds. The zero-order valence-electron chi connectivity index (χ0n) is 8.33. The second-order valence-corrected chi connectivity index (χ2v) is 3.54. The summed E-state index contributed by atoms with van der Waals surface area (Å²) in [6.45, 7) is 0.116. The zero-order valence-corrected chi connectivity index (χ0v) is 8.33. The van der Waals surface area contributed by atoms with E-state index in [0.717, 1.165) is 0 Å². The number of pyridine rings is 1. The first-order chi connectivity index (χ1) is 7.59. The number of amides is 1. The van der Waals surface area contributed by atoms with Crippen molar-refractivity contribution in [3.8, 4) is 0 Å². The number of hydrogen-bond acceptors (Lipinski definition) is 4. The van der Waals surface area contributed by atoms with Crippen LogP contribution in [0.5, 0.6) is 0 Å². The third kappa shape index (κ3) is 1.74. The predicted molar refractivity (Wildman–Crippen MR) is 54.2 cm³/mol. The summed E-state index contributed by atoms with van der Waals surface area (Å²) in [6, 6.07) is 3.06. The van der Waals surface area contributed by atoms with Crippen LogP contribution in [0.2, 0.25) is 0 Å². The Bertz CT molecular complexity index is 446. The average molecular weight is 222 g/mol. The maximum Gasteiger partial charge on any atom is 0.356 e. The van der Waals surface area contributed by atoms with Gasteiger partial charge in [0.1, 0.15) is 0 Å². The number of aliphatic hydroxyl groups excluding tert-OH is 1. The summed E-state index contributed by atoms with van der Waals surface area (Å²) >= 11 is 0. The van der Waals surface area contributed by atoms with Crippen LogP contribution in [0.1, 0.15) is 16.9 Å². The topological polar surface area (TPSA) is 90.7 Å². The number of rotatable bonds is 2. The van der Waals surface area contributed by atoms with Crippen LogP contribution >= 0.6 is 0 Å². The summed E-state index contributed by atoms with van der Waals surface area (Å²) in [5.41, 5.74) is 0.0569. The van der Waals surface area contributed by atoms with E-state index in [1.807, 2.05) is 0 Å². The first-order valence-electron chi connectivity index (χ1n) is 4.76. The third-order valence-electron chi connectivity index (χ3n) is 2.38. The second-order valence-electron chi connectivity index (χ2n) is 3.54. The van der Waals surface area contributed by atoms with Gasteiger partial charge in [0.15, 0.2) is 5.69 Å². The quantitative estimate of drug-likeness (QED) is 0.727. The van der Waals surface area contributed by atoms with Gasteiger partial charge in [-0.2, -0.15) is 0 Å². The van der Waals surface area contributed by atoms with E-state index in [2.05, 4.69) is 4.98 Å². The van der Waals surface area contributed by atoms with Crippen LogP contribution in [0.25, 0.3) is 0 Å². The summed E-state index contributed by atoms with van der Waals surface area (Å²) in [5.74, 6) is -1.48. The zero-order chi connectivity index (χ0) is 11.7. The summed E-state index contributed by atoms with van der Waals surface area (Å²) in [5, 5.41) is 18.2. The van der Waals surface area contributed by atoms with Crippen LogP contribution in [-0.2, 0) is 4.79 Å². The van der Waals surface area contributed by atoms with E-state index >= 15 is 0 Å². The molecule has 6 heteroatoms. The van der Waals surface area contributed by atoms with Gasteiger partial charge in [-0.05, 0) is 12.1 Å². The van der Waals surface area contributed by atoms with Crippen LogP contribution in [0.3, 0.4) is 0 Å². The van der Waals surface area contributed by atoms with Gasteiger partial charge in [0.2, 0.25) is 5.91 Å². The molecule has 1 aliphatic heterocycles. The normalized spacial score (nSPS) is 20.2. The largest absolute Gasteiger partial charge is 0.476 e. The number of carbonyl (C=O) groups is 2. The minimum atomic E-state index is -1.19. The van der Waals surface area contributed by atoms with Crippen LogP contribution in [0.15, 0.2) is 18.3 Å². The van der Waals surface area contributed by atoms with Crippen molar-refractivity contribution in [3.05, 3.63) is 24.0 Å². The molecule has 0 saturated carbocycles. The van der Waals surface area contributed by atoms with Gasteiger partial charge < -0.3 is 15.1 Å². The highest BCUT2D eigenvalue weighted by molar-refractivity contribution is 6.02. The highest BCUT2D eigenvalue weighted by Crippen LogP contribution is 2.24. The van der Waals surface area contributed by atoms with Gasteiger partial charge in [-0.3, -0.25) is 4.79 Å². The number of aromatic nitrogens is 1. The molecule has 1 saturated heterocycles. The molecule has 0 spiro atoms. The maximum atomic E-state index is 11.5. The number of aliphatic hydroxyl groups is 1. The van der Waals surface area contributed by atoms with E-state index in [4.69, 9.17) is 5.11 Å². The fourth-order valence-corrected chi connectivity index (χ4v) is 1.70. The van der Waals surface area contributed by atoms with Crippen molar-refractivity contribution in [2.24, 2.45) is 0 Å². The van der Waals surface area contributed by atoms with E-state index in [1.165, 1.54) is 17.2 Å². The Kier molecular flexibility index (Phi) is 2.57. The molecule has 1 aliphatic rings. The Morgan fingerprint density at radius 2 is 2.31 bits per heavy atom. The Labute approximate surface area is 91.1 Å². The molecular weight excluding hydrogens is 212 g/mol. The first-order valence-corrected chi connectivity index (χ1v) is 4.76. The van der Waals surface area contributed by atoms with Crippen molar-refractivity contribution in [2.75, 3.05) is 11.4 Å². The molecule has 2 rings (SSSR count). The molecule has 1 aromatic rings. The SMILES string of the molecule is O=C(O)c1ncccc1N1CC(O)CC1=O. The molecule has 0 radical (unpaired) electrons. The molecule has 16 heavy (non-hydrogen) atoms. The van der Waals surface area contributed by atoms with Crippen molar-refractivity contribution in [1.29, 1.82) is 0 Å². The van der Waals surface area contributed by atoms with Crippen molar-refractivity contribution < 1.29 is 19.8 Å². The number of hydrogen-bond donors (Lipinski definition) is 2. The number of aromatic carboxylic acids is 1. The summed E-state index contributed by atoms with van der Waals surface area (Å²) in [6.07, 6.45) is 0.632. The minimum Gasteiger partial charge on any atom is -0.476 e. The van der Waals surface area contributed by atoms with Gasteiger partial charge in [-0.25, -0.2) is 9.78 Å². The van der Waals surface area contributed by atoms with Crippen molar-refractivity contribution >= 4 is 17.6 Å². The van der Waals surface area contributed by atoms with Gasteiger partial charge in [-0.1, -0.05) is 0 Å². The van der Waals surface area contributed by atoms with E-state index in [-0.39, 0.29) is 30.3 Å². The number of β-amino-alcohol motifs (C(OH)–C–C–N with tert-alkyl or cyclic N) is 1. The molecule has 1 aromatic heterocycles. The van der Waals surface area contributed by atoms with E-state index in [1.54, 1.807) is 6.07 Å². The highest BCUT2D eigenvalue weighted by atomic mass is 16.4. The minimum absolute atomic E-state index is 0.0218. The van der Waals surface area contributed by atoms with Crippen LogP contribution in [0.4, 0.5) is 5.69 Å². The van der Waals surface area contributed by atoms with Crippen LogP contribution in [-0.4, -0.2) is 39.7 Å². The lowest BCUT2D eigenvalue weighted by atomic mass is 10.2. The second kappa shape index (κ2) is 3.90. The fraction of sp³-hybridized carbons (Fsp3) is 0.300. The molecule has 1 atom stereocenters. The molecule has 1 unspecified atom stereocenters. The number of carboxylic acids is 1. The lowest BCUT2D eigenvalue weighted by Crippen LogP contribution is -2.27. The molecule has 1 fully saturated rings. The Morgan fingerprint density at radius 1 is 1.56 bits per heavy atom. The average Bonchev–Trinajstić information content (AvgIpc) is 2.57. The first kappa shape index (κ1) is 10.6. The number of anilines is 1. The number of carboxylic acid groups (broad SMARTS) is 1. The van der Waals surface area contributed by atoms with Gasteiger partial charge in [0.25, 0.3) is 0 Å². The molecule has 0 aromatic carbocycles. The smallest absolute Gasteiger partial charge is 0.356 e. The van der Waals surface area contributed by atoms with E-state index in [9.17, 15) is 14.7 Å². The standard InChI is InChI=1S/C10H10N2O4/c13-6-4-8(14)12(5-6)7-2-1-3-11-9(7)10(15)16/h1-3,6,13H,4-5H2,(H,15,16). The van der Waals surface area contributed by atoms with Crippen molar-refractivity contribution in [1.82, 2.24) is 4.98 Å². The highest BCUT2D eigenvalue weighted by Gasteiger charge is 2.31. The molecule has 84 valence electrons. The number of nitrogens with zero attached hydrogens (tertiary/aromatic N) is 2. The van der Waals surface area contributed by atoms with Crippen LogP contribution in [0, 0.1) is 0 Å². The molecular formula is C10H10N2O4. The van der Waals surface area contributed by atoms with Gasteiger partial charge in [0, 0.05) is 6.20 Å². The van der Waals surface area contributed by atoms with Gasteiger partial charge >= 0.3 is 5.97 Å². The monoisotopic (exact) mass is 222 g/mol. The lowest BCUT2D eigenvalue weighted by Gasteiger charge is -2.16. The third-order valence-corrected chi connectivity index (χ3v) is 2.38. The molecule has 6 nitrogen and oxygen atoms in total. The van der Waals surface area contributed by atoms with E-state index in [0.29, 0.717) is 0 Å². The summed E-state index contributed by atoms with van der Waals surface area (Å²) < 4.78 is 0. The molecule has 0 aliphatic carbocycles. The number of carbonyl (C=O) groups excluding carboxylic acids is 1. The van der Waals surface area contributed by atoms with Crippen molar-refractivity contribution in [2.45, 2.75) is 12.5 Å². The Hall–Kier alpha value is -1.95. The molecule has 2 N–H and O–H groups in total. The van der Waals surface area contributed by atoms with E-state index < -0.39 is 12.1 Å². The Morgan fingerprint density at radius 3 is 2.88 bits per heavy atom. The fourth-order valence-electron chi connectivity index (χ4n) is 1.70. The van der Waals surface area contributed by atoms with Gasteiger partial charge in [0.05, 0.1) is 24.8 Å². The predicted octanol–water partition coefficient (Wildman–Crippen LogP) is -0.123. The molecule has 0 bridgehead atoms. The Balaban J connectivity index is 2.40. The molecule has 2 heterocycles. The summed E-state index contributed by atoms with van der Waals surface area (Å²) in [4.78, 5) is 27.4. The van der Waals surface area contributed by atoms with Gasteiger partial charge in [-0.15, -0.1) is 0 Å². The maximum absolute atomic E-state index is 11.5. The summed E-state index contributed by atoms with van der Waals surface area (Å²) in [7, 11) is 0. The van der Waals surface area contributed by atoms with Crippen LogP contribution < -0.4 is 4.90 Å². The van der Waals surface area contributed by atoms with Crippen molar-refractivity contribution in [3.63, 3.8) is 0 Å².